The fourth-order valence-corrected chi connectivity index (χ4v) is 3.43. The molecule has 0 aliphatic heterocycles. The molecule has 2 aromatic carbocycles. The quantitative estimate of drug-likeness (QED) is 0.242. The molecule has 42 heavy (non-hydrogen) atoms. The van der Waals surface area contributed by atoms with E-state index in [1.165, 1.54) is 13.1 Å². The molecule has 0 radical (unpaired) electrons. The van der Waals surface area contributed by atoms with Gasteiger partial charge in [0.05, 0.1) is 12.7 Å². The predicted molar refractivity (Wildman–Crippen MR) is 142 cm³/mol. The minimum absolute atomic E-state index is 0.108. The number of nitrogens with zero attached hydrogens (tertiary/aromatic N) is 1. The van der Waals surface area contributed by atoms with E-state index in [4.69, 9.17) is 9.47 Å². The standard InChI is InChI=1S/C24H20B3F7N2O6/c1-10-9-35-14(21(38)39-2)8-13(10)36-20(37)18-16(6-4-12(19(18)28)22(29,30)31)40-15-5-3-11(41-24(32,33)34)7-17(15)42-23(25,26)27/h3-9H,25-27H2,1-2H3,(H,35,36,37). The number of methoxy groups -OCH3 is 1. The van der Waals surface area contributed by atoms with Crippen molar-refractivity contribution in [3.63, 3.8) is 0 Å². The monoisotopic (exact) mass is 598 g/mol. The van der Waals surface area contributed by atoms with Crippen molar-refractivity contribution in [3.8, 4) is 23.0 Å². The molecule has 1 aromatic heterocycles. The van der Waals surface area contributed by atoms with Gasteiger partial charge in [-0.15, -0.1) is 13.2 Å². The van der Waals surface area contributed by atoms with Crippen LogP contribution < -0.4 is 19.5 Å². The summed E-state index contributed by atoms with van der Waals surface area (Å²) in [6, 6.07) is 4.64. The first kappa shape index (κ1) is 32.2. The molecular weight excluding hydrogens is 578 g/mol. The maximum absolute atomic E-state index is 15.3. The van der Waals surface area contributed by atoms with E-state index in [0.29, 0.717) is 12.1 Å². The van der Waals surface area contributed by atoms with Crippen molar-refractivity contribution in [2.75, 3.05) is 12.4 Å². The lowest BCUT2D eigenvalue weighted by Crippen LogP contribution is -2.37. The van der Waals surface area contributed by atoms with Crippen LogP contribution in [0.3, 0.4) is 0 Å². The summed E-state index contributed by atoms with van der Waals surface area (Å²) >= 11 is 0. The highest BCUT2D eigenvalue weighted by Crippen LogP contribution is 2.41. The molecule has 0 aliphatic rings. The van der Waals surface area contributed by atoms with Crippen molar-refractivity contribution in [2.24, 2.45) is 0 Å². The number of pyridine rings is 1. The Bertz CT molecular complexity index is 1510. The zero-order valence-electron chi connectivity index (χ0n) is 22.6. The van der Waals surface area contributed by atoms with E-state index in [1.807, 2.05) is 0 Å². The Morgan fingerprint density at radius 3 is 2.12 bits per heavy atom. The summed E-state index contributed by atoms with van der Waals surface area (Å²) in [5.41, 5.74) is -3.10. The third-order valence-electron chi connectivity index (χ3n) is 5.17. The number of anilines is 1. The van der Waals surface area contributed by atoms with Crippen molar-refractivity contribution in [2.45, 2.75) is 24.8 Å². The Kier molecular flexibility index (Phi) is 9.08. The molecule has 3 aromatic rings. The van der Waals surface area contributed by atoms with Crippen molar-refractivity contribution in [1.82, 2.24) is 4.98 Å². The molecule has 0 spiro atoms. The van der Waals surface area contributed by atoms with Crippen molar-refractivity contribution in [3.05, 3.63) is 70.8 Å². The smallest absolute Gasteiger partial charge is 0.510 e. The molecule has 0 fully saturated rings. The SMILES string of the molecule is BC(B)(B)Oc1cc(OC(F)(F)F)ccc1Oc1ccc(C(F)(F)F)c(F)c1C(=O)Nc1cc(C(=O)OC)ncc1C. The highest BCUT2D eigenvalue weighted by molar-refractivity contribution is 6.58. The average molecular weight is 598 g/mol. The van der Waals surface area contributed by atoms with E-state index in [1.54, 1.807) is 23.5 Å². The van der Waals surface area contributed by atoms with Gasteiger partial charge in [0.15, 0.2) is 17.3 Å². The number of aromatic nitrogens is 1. The molecular formula is C24H20B3F7N2O6. The third kappa shape index (κ3) is 8.10. The number of hydrogen-bond acceptors (Lipinski definition) is 7. The molecule has 0 saturated heterocycles. The second-order valence-electron chi connectivity index (χ2n) is 9.60. The number of hydrogen-bond donors (Lipinski definition) is 1. The van der Waals surface area contributed by atoms with E-state index in [-0.39, 0.29) is 28.4 Å². The average Bonchev–Trinajstić information content (AvgIpc) is 2.83. The van der Waals surface area contributed by atoms with Crippen LogP contribution in [0.4, 0.5) is 36.4 Å². The van der Waals surface area contributed by atoms with Crippen LogP contribution in [0, 0.1) is 12.7 Å². The lowest BCUT2D eigenvalue weighted by molar-refractivity contribution is -0.274. The van der Waals surface area contributed by atoms with Gasteiger partial charge in [-0.3, -0.25) is 4.79 Å². The largest absolute Gasteiger partial charge is 0.573 e. The van der Waals surface area contributed by atoms with Crippen LogP contribution in [-0.4, -0.2) is 59.2 Å². The summed E-state index contributed by atoms with van der Waals surface area (Å²) in [5, 5.41) is 1.21. The number of carbonyl (C=O) groups excluding carboxylic acids is 2. The lowest BCUT2D eigenvalue weighted by Gasteiger charge is -2.25. The normalized spacial score (nSPS) is 11.9. The Hall–Kier alpha value is -4.37. The van der Waals surface area contributed by atoms with E-state index >= 15 is 4.39 Å². The number of nitrogens with one attached hydrogen (secondary N) is 1. The molecule has 0 atom stereocenters. The van der Waals surface area contributed by atoms with Crippen LogP contribution in [0.2, 0.25) is 0 Å². The molecule has 1 heterocycles. The van der Waals surface area contributed by atoms with E-state index in [9.17, 15) is 35.9 Å². The Labute approximate surface area is 236 Å². The predicted octanol–water partition coefficient (Wildman–Crippen LogP) is 3.17. The minimum Gasteiger partial charge on any atom is -0.510 e. The Morgan fingerprint density at radius 1 is 0.905 bits per heavy atom. The van der Waals surface area contributed by atoms with Crippen molar-refractivity contribution in [1.29, 1.82) is 0 Å². The number of benzene rings is 2. The molecule has 3 rings (SSSR count). The highest BCUT2D eigenvalue weighted by Gasteiger charge is 2.38. The fourth-order valence-electron chi connectivity index (χ4n) is 3.43. The number of carbonyl (C=O) groups is 2. The van der Waals surface area contributed by atoms with Crippen molar-refractivity contribution >= 4 is 41.1 Å². The van der Waals surface area contributed by atoms with E-state index in [0.717, 1.165) is 31.4 Å². The van der Waals surface area contributed by atoms with Gasteiger partial charge in [0.1, 0.15) is 46.3 Å². The number of rotatable bonds is 8. The number of aryl methyl sites for hydroxylation is 1. The number of esters is 1. The molecule has 0 bridgehead atoms. The second-order valence-corrected chi connectivity index (χ2v) is 9.60. The summed E-state index contributed by atoms with van der Waals surface area (Å²) in [4.78, 5) is 28.9. The minimum atomic E-state index is -5.21. The van der Waals surface area contributed by atoms with Gasteiger partial charge in [-0.05, 0) is 42.8 Å². The maximum Gasteiger partial charge on any atom is 0.573 e. The van der Waals surface area contributed by atoms with Crippen LogP contribution in [0.15, 0.2) is 42.6 Å². The molecule has 18 heteroatoms. The number of amides is 1. The topological polar surface area (TPSA) is 96.0 Å². The second kappa shape index (κ2) is 11.9. The molecule has 1 amide bonds. The molecule has 0 saturated carbocycles. The third-order valence-corrected chi connectivity index (χ3v) is 5.17. The number of ether oxygens (including phenoxy) is 4. The Balaban J connectivity index is 2.13. The highest BCUT2D eigenvalue weighted by atomic mass is 19.4. The van der Waals surface area contributed by atoms with Gasteiger partial charge in [0.25, 0.3) is 5.91 Å². The number of alkyl halides is 6. The van der Waals surface area contributed by atoms with E-state index < -0.39 is 58.2 Å². The molecule has 220 valence electrons. The zero-order chi connectivity index (χ0) is 31.6. The Morgan fingerprint density at radius 2 is 1.55 bits per heavy atom. The van der Waals surface area contributed by atoms with Gasteiger partial charge >= 0.3 is 18.5 Å². The van der Waals surface area contributed by atoms with Crippen molar-refractivity contribution < 1.29 is 59.3 Å². The van der Waals surface area contributed by atoms with Crippen LogP contribution in [-0.2, 0) is 10.9 Å². The maximum atomic E-state index is 15.3. The zero-order valence-corrected chi connectivity index (χ0v) is 22.6. The summed E-state index contributed by atoms with van der Waals surface area (Å²) in [6.07, 6.45) is -9.09. The first-order valence-electron chi connectivity index (χ1n) is 11.8. The molecule has 8 nitrogen and oxygen atoms in total. The molecule has 0 aliphatic carbocycles. The summed E-state index contributed by atoms with van der Waals surface area (Å²) < 4.78 is 114. The van der Waals surface area contributed by atoms with Gasteiger partial charge in [-0.2, -0.15) is 13.2 Å². The van der Waals surface area contributed by atoms with Gasteiger partial charge in [-0.1, -0.05) is 0 Å². The first-order valence-corrected chi connectivity index (χ1v) is 11.8. The lowest BCUT2D eigenvalue weighted by atomic mass is 9.52. The molecule has 1 N–H and O–H groups in total. The fraction of sp³-hybridized carbons (Fsp3) is 0.208. The summed E-state index contributed by atoms with van der Waals surface area (Å²) in [6.45, 7) is 1.45. The van der Waals surface area contributed by atoms with Crippen LogP contribution in [0.25, 0.3) is 0 Å². The van der Waals surface area contributed by atoms with E-state index in [2.05, 4.69) is 19.8 Å². The van der Waals surface area contributed by atoms with Crippen LogP contribution >= 0.6 is 0 Å². The van der Waals surface area contributed by atoms with Gasteiger partial charge < -0.3 is 24.3 Å². The van der Waals surface area contributed by atoms with Gasteiger partial charge in [0, 0.05) is 23.2 Å². The molecule has 0 unspecified atom stereocenters. The first-order chi connectivity index (χ1) is 19.3. The summed E-state index contributed by atoms with van der Waals surface area (Å²) in [7, 11) is 5.71. The van der Waals surface area contributed by atoms with Crippen LogP contribution in [0.5, 0.6) is 23.0 Å². The van der Waals surface area contributed by atoms with Gasteiger partial charge in [0.2, 0.25) is 0 Å². The summed E-state index contributed by atoms with van der Waals surface area (Å²) in [5.74, 6) is -6.46. The number of halogens is 7. The van der Waals surface area contributed by atoms with Crippen LogP contribution in [0.1, 0.15) is 32.0 Å². The van der Waals surface area contributed by atoms with Gasteiger partial charge in [-0.25, -0.2) is 14.2 Å².